The maximum atomic E-state index is 6.12. The summed E-state index contributed by atoms with van der Waals surface area (Å²) in [6, 6.07) is 20.3. The first-order chi connectivity index (χ1) is 13.0. The van der Waals surface area contributed by atoms with Crippen LogP contribution in [0.25, 0.3) is 0 Å². The van der Waals surface area contributed by atoms with Crippen molar-refractivity contribution in [3.8, 4) is 5.75 Å². The summed E-state index contributed by atoms with van der Waals surface area (Å²) in [5.74, 6) is 0.839. The second kappa shape index (κ2) is 9.63. The fourth-order valence-corrected chi connectivity index (χ4v) is 4.25. The summed E-state index contributed by atoms with van der Waals surface area (Å²) in [4.78, 5) is 0. The van der Waals surface area contributed by atoms with Crippen LogP contribution in [0.15, 0.2) is 69.6 Å². The number of aryl methyl sites for hydroxylation is 1. The zero-order chi connectivity index (χ0) is 19.2. The van der Waals surface area contributed by atoms with Crippen molar-refractivity contribution < 1.29 is 4.74 Å². The summed E-state index contributed by atoms with van der Waals surface area (Å²) in [6.45, 7) is 3.31. The molecule has 0 radical (unpaired) electrons. The van der Waals surface area contributed by atoms with Crippen molar-refractivity contribution in [1.29, 1.82) is 0 Å². The van der Waals surface area contributed by atoms with Gasteiger partial charge in [-0.15, -0.1) is 0 Å². The second-order valence-electron chi connectivity index (χ2n) is 6.20. The summed E-state index contributed by atoms with van der Waals surface area (Å²) >= 11 is 13.1. The molecule has 0 aliphatic carbocycles. The van der Waals surface area contributed by atoms with E-state index in [2.05, 4.69) is 74.4 Å². The molecule has 5 heteroatoms. The average Bonchev–Trinajstić information content (AvgIpc) is 2.67. The minimum atomic E-state index is 0.482. The first-order valence-electron chi connectivity index (χ1n) is 8.73. The molecule has 0 heterocycles. The molecule has 0 aliphatic heterocycles. The smallest absolute Gasteiger partial charge is 0.139 e. The third-order valence-corrected chi connectivity index (χ3v) is 5.53. The molecule has 0 bridgehead atoms. The molecule has 3 aromatic carbocycles. The largest absolute Gasteiger partial charge is 0.487 e. The Morgan fingerprint density at radius 2 is 1.59 bits per heavy atom. The van der Waals surface area contributed by atoms with Gasteiger partial charge in [-0.05, 0) is 69.9 Å². The van der Waals surface area contributed by atoms with E-state index in [4.69, 9.17) is 16.3 Å². The molecule has 0 saturated heterocycles. The highest BCUT2D eigenvalue weighted by molar-refractivity contribution is 9.11. The van der Waals surface area contributed by atoms with E-state index in [-0.39, 0.29) is 0 Å². The minimum Gasteiger partial charge on any atom is -0.487 e. The highest BCUT2D eigenvalue weighted by atomic mass is 79.9. The molecule has 0 aromatic heterocycles. The monoisotopic (exact) mass is 507 g/mol. The fraction of sp³-hybridized carbons (Fsp3) is 0.182. The third kappa shape index (κ3) is 5.74. The summed E-state index contributed by atoms with van der Waals surface area (Å²) in [5.41, 5.74) is 4.57. The maximum absolute atomic E-state index is 6.12. The molecule has 0 spiro atoms. The van der Waals surface area contributed by atoms with Gasteiger partial charge in [0.05, 0.1) is 4.47 Å². The highest BCUT2D eigenvalue weighted by Crippen LogP contribution is 2.34. The predicted octanol–water partition coefficient (Wildman–Crippen LogP) is 7.62. The van der Waals surface area contributed by atoms with Crippen molar-refractivity contribution in [3.63, 3.8) is 0 Å². The van der Waals surface area contributed by atoms with Crippen LogP contribution in [-0.4, -0.2) is 0 Å². The van der Waals surface area contributed by atoms with Gasteiger partial charge in [-0.1, -0.05) is 58.7 Å². The minimum absolute atomic E-state index is 0.482. The van der Waals surface area contributed by atoms with E-state index in [0.717, 1.165) is 43.0 Å². The molecule has 0 saturated carbocycles. The van der Waals surface area contributed by atoms with Gasteiger partial charge in [0.2, 0.25) is 0 Å². The first-order valence-corrected chi connectivity index (χ1v) is 10.7. The molecule has 0 atom stereocenters. The van der Waals surface area contributed by atoms with E-state index < -0.39 is 0 Å². The van der Waals surface area contributed by atoms with Crippen molar-refractivity contribution >= 4 is 49.1 Å². The Bertz CT molecular complexity index is 895. The molecule has 3 aromatic rings. The van der Waals surface area contributed by atoms with Gasteiger partial charge < -0.3 is 10.1 Å². The summed E-state index contributed by atoms with van der Waals surface area (Å²) in [5, 5.41) is 4.20. The number of ether oxygens (including phenoxy) is 1. The van der Waals surface area contributed by atoms with Gasteiger partial charge in [0.25, 0.3) is 0 Å². The van der Waals surface area contributed by atoms with Gasteiger partial charge in [0.15, 0.2) is 0 Å². The lowest BCUT2D eigenvalue weighted by atomic mass is 10.1. The molecule has 2 nitrogen and oxygen atoms in total. The topological polar surface area (TPSA) is 21.3 Å². The fourth-order valence-electron chi connectivity index (χ4n) is 2.70. The Morgan fingerprint density at radius 1 is 0.926 bits per heavy atom. The summed E-state index contributed by atoms with van der Waals surface area (Å²) in [6.07, 6.45) is 1.04. The Morgan fingerprint density at radius 3 is 2.26 bits per heavy atom. The van der Waals surface area contributed by atoms with E-state index in [1.165, 1.54) is 5.56 Å². The van der Waals surface area contributed by atoms with Gasteiger partial charge in [-0.2, -0.15) is 0 Å². The Labute approximate surface area is 182 Å². The molecular weight excluding hydrogens is 490 g/mol. The third-order valence-electron chi connectivity index (χ3n) is 4.23. The Kier molecular flexibility index (Phi) is 7.22. The normalized spacial score (nSPS) is 10.7. The number of benzene rings is 3. The van der Waals surface area contributed by atoms with Crippen LogP contribution in [0.2, 0.25) is 5.02 Å². The van der Waals surface area contributed by atoms with Crippen LogP contribution in [0.5, 0.6) is 5.75 Å². The molecule has 1 N–H and O–H groups in total. The van der Waals surface area contributed by atoms with Crippen LogP contribution >= 0.6 is 43.5 Å². The van der Waals surface area contributed by atoms with E-state index >= 15 is 0 Å². The summed E-state index contributed by atoms with van der Waals surface area (Å²) in [7, 11) is 0. The molecular formula is C22H20Br2ClNO. The number of anilines is 1. The molecule has 0 unspecified atom stereocenters. The van der Waals surface area contributed by atoms with Gasteiger partial charge in [-0.25, -0.2) is 0 Å². The van der Waals surface area contributed by atoms with Crippen molar-refractivity contribution in [3.05, 3.63) is 91.3 Å². The molecule has 0 amide bonds. The second-order valence-corrected chi connectivity index (χ2v) is 8.40. The summed E-state index contributed by atoms with van der Waals surface area (Å²) < 4.78 is 8.05. The number of hydrogen-bond acceptors (Lipinski definition) is 2. The number of nitrogens with one attached hydrogen (secondary N) is 1. The highest BCUT2D eigenvalue weighted by Gasteiger charge is 2.11. The van der Waals surface area contributed by atoms with Crippen molar-refractivity contribution in [1.82, 2.24) is 0 Å². The van der Waals surface area contributed by atoms with Gasteiger partial charge in [0.1, 0.15) is 12.4 Å². The van der Waals surface area contributed by atoms with Crippen molar-refractivity contribution in [2.24, 2.45) is 0 Å². The van der Waals surface area contributed by atoms with Crippen LogP contribution in [-0.2, 0) is 19.6 Å². The molecule has 0 fully saturated rings. The van der Waals surface area contributed by atoms with E-state index in [1.54, 1.807) is 0 Å². The standard InChI is InChI=1S/C22H20Br2ClNO/c1-2-15-5-9-20(10-6-15)26-13-17-11-18(23)12-21(24)22(17)27-14-16-3-7-19(25)8-4-16/h3-12,26H,2,13-14H2,1H3. The first kappa shape index (κ1) is 20.2. The van der Waals surface area contributed by atoms with E-state index in [0.29, 0.717) is 13.2 Å². The zero-order valence-corrected chi connectivity index (χ0v) is 18.9. The van der Waals surface area contributed by atoms with Crippen LogP contribution in [0.3, 0.4) is 0 Å². The van der Waals surface area contributed by atoms with Gasteiger partial charge in [0, 0.05) is 27.3 Å². The lowest BCUT2D eigenvalue weighted by Crippen LogP contribution is -2.05. The maximum Gasteiger partial charge on any atom is 0.139 e. The SMILES string of the molecule is CCc1ccc(NCc2cc(Br)cc(Br)c2OCc2ccc(Cl)cc2)cc1. The number of hydrogen-bond donors (Lipinski definition) is 1. The average molecular weight is 510 g/mol. The zero-order valence-electron chi connectivity index (χ0n) is 14.9. The molecule has 27 heavy (non-hydrogen) atoms. The van der Waals surface area contributed by atoms with E-state index in [9.17, 15) is 0 Å². The van der Waals surface area contributed by atoms with Crippen LogP contribution in [0, 0.1) is 0 Å². The van der Waals surface area contributed by atoms with Gasteiger partial charge >= 0.3 is 0 Å². The van der Waals surface area contributed by atoms with Crippen molar-refractivity contribution in [2.75, 3.05) is 5.32 Å². The number of rotatable bonds is 7. The lowest BCUT2D eigenvalue weighted by Gasteiger charge is -2.16. The van der Waals surface area contributed by atoms with Crippen LogP contribution in [0.4, 0.5) is 5.69 Å². The van der Waals surface area contributed by atoms with Crippen molar-refractivity contribution in [2.45, 2.75) is 26.5 Å². The molecule has 3 rings (SSSR count). The molecule has 0 aliphatic rings. The number of halogens is 3. The van der Waals surface area contributed by atoms with Gasteiger partial charge in [-0.3, -0.25) is 0 Å². The Balaban J connectivity index is 1.73. The van der Waals surface area contributed by atoms with E-state index in [1.807, 2.05) is 30.3 Å². The Hall–Kier alpha value is -1.49. The quantitative estimate of drug-likeness (QED) is 0.354. The van der Waals surface area contributed by atoms with Crippen LogP contribution < -0.4 is 10.1 Å². The van der Waals surface area contributed by atoms with Crippen LogP contribution in [0.1, 0.15) is 23.6 Å². The lowest BCUT2D eigenvalue weighted by molar-refractivity contribution is 0.301. The predicted molar refractivity (Wildman–Crippen MR) is 121 cm³/mol. The molecule has 140 valence electrons.